The molecule has 23 heavy (non-hydrogen) atoms. The summed E-state index contributed by atoms with van der Waals surface area (Å²) >= 11 is 0. The van der Waals surface area contributed by atoms with Crippen LogP contribution in [0.4, 0.5) is 5.69 Å². The molecule has 6 heteroatoms. The molecule has 4 rings (SSSR count). The summed E-state index contributed by atoms with van der Waals surface area (Å²) < 4.78 is 0. The van der Waals surface area contributed by atoms with Crippen LogP contribution in [0.5, 0.6) is 0 Å². The molecule has 3 amide bonds. The van der Waals surface area contributed by atoms with Gasteiger partial charge in [0.25, 0.3) is 5.91 Å². The number of anilines is 1. The summed E-state index contributed by atoms with van der Waals surface area (Å²) in [6.07, 6.45) is 0.502. The molecule has 1 unspecified atom stereocenters. The third-order valence-electron chi connectivity index (χ3n) is 4.37. The van der Waals surface area contributed by atoms with Gasteiger partial charge < -0.3 is 0 Å². The summed E-state index contributed by atoms with van der Waals surface area (Å²) in [7, 11) is 0. The molecule has 1 fully saturated rings. The Balaban J connectivity index is 1.90. The van der Waals surface area contributed by atoms with Crippen molar-refractivity contribution in [1.82, 2.24) is 5.32 Å². The molecular formula is C17H11N3O3. The topological polar surface area (TPSA) is 90.3 Å². The minimum atomic E-state index is -0.705. The summed E-state index contributed by atoms with van der Waals surface area (Å²) in [6, 6.07) is 9.98. The second-order valence-corrected chi connectivity index (χ2v) is 5.61. The molecular weight excluding hydrogens is 294 g/mol. The molecule has 0 spiro atoms. The van der Waals surface area contributed by atoms with E-state index in [-0.39, 0.29) is 18.2 Å². The number of nitriles is 1. The fraction of sp³-hybridized carbons (Fsp3) is 0.176. The van der Waals surface area contributed by atoms with Crippen LogP contribution in [0.3, 0.4) is 0 Å². The minimum Gasteiger partial charge on any atom is -0.295 e. The van der Waals surface area contributed by atoms with E-state index in [4.69, 9.17) is 0 Å². The molecule has 2 aliphatic heterocycles. The Bertz CT molecular complexity index is 942. The summed E-state index contributed by atoms with van der Waals surface area (Å²) in [4.78, 5) is 37.7. The second-order valence-electron chi connectivity index (χ2n) is 5.61. The number of benzene rings is 2. The Labute approximate surface area is 131 Å². The number of carbonyl (C=O) groups is 3. The van der Waals surface area contributed by atoms with Gasteiger partial charge in [0, 0.05) is 22.8 Å². The van der Waals surface area contributed by atoms with E-state index in [1.54, 1.807) is 30.3 Å². The lowest BCUT2D eigenvalue weighted by atomic mass is 10.0. The van der Waals surface area contributed by atoms with E-state index in [1.165, 1.54) is 4.90 Å². The standard InChI is InChI=1S/C17H11N3O3/c18-8-9-4-5-12-15-10(9)2-1-3-11(15)17(23)20(12)13-6-7-14(21)19-16(13)22/h1-5,13H,6-7H2,(H,19,21,22). The highest BCUT2D eigenvalue weighted by Gasteiger charge is 2.40. The number of rotatable bonds is 1. The van der Waals surface area contributed by atoms with E-state index >= 15 is 0 Å². The van der Waals surface area contributed by atoms with Crippen molar-refractivity contribution < 1.29 is 14.4 Å². The van der Waals surface area contributed by atoms with E-state index in [2.05, 4.69) is 11.4 Å². The molecule has 0 bridgehead atoms. The van der Waals surface area contributed by atoms with Crippen LogP contribution in [-0.4, -0.2) is 23.8 Å². The third-order valence-corrected chi connectivity index (χ3v) is 4.37. The average molecular weight is 305 g/mol. The van der Waals surface area contributed by atoms with Crippen LogP contribution >= 0.6 is 0 Å². The molecule has 1 N–H and O–H groups in total. The number of hydrogen-bond donors (Lipinski definition) is 1. The normalized spacial score (nSPS) is 19.9. The Hall–Kier alpha value is -3.20. The monoisotopic (exact) mass is 305 g/mol. The Kier molecular flexibility index (Phi) is 2.72. The molecule has 0 saturated carbocycles. The maximum atomic E-state index is 12.8. The van der Waals surface area contributed by atoms with Crippen LogP contribution < -0.4 is 10.2 Å². The van der Waals surface area contributed by atoms with Crippen molar-refractivity contribution >= 4 is 34.2 Å². The van der Waals surface area contributed by atoms with E-state index in [9.17, 15) is 19.6 Å². The molecule has 2 heterocycles. The molecule has 2 aromatic rings. The fourth-order valence-corrected chi connectivity index (χ4v) is 3.34. The summed E-state index contributed by atoms with van der Waals surface area (Å²) in [6.45, 7) is 0. The van der Waals surface area contributed by atoms with E-state index in [1.807, 2.05) is 0 Å². The molecule has 1 saturated heterocycles. The van der Waals surface area contributed by atoms with Crippen LogP contribution in [-0.2, 0) is 9.59 Å². The number of carbonyl (C=O) groups excluding carboxylic acids is 3. The minimum absolute atomic E-state index is 0.204. The van der Waals surface area contributed by atoms with Crippen molar-refractivity contribution in [2.45, 2.75) is 18.9 Å². The smallest absolute Gasteiger partial charge is 0.259 e. The van der Waals surface area contributed by atoms with Crippen LogP contribution in [0.15, 0.2) is 30.3 Å². The number of imide groups is 1. The van der Waals surface area contributed by atoms with Gasteiger partial charge in [0.1, 0.15) is 6.04 Å². The fourth-order valence-electron chi connectivity index (χ4n) is 3.34. The molecule has 0 aromatic heterocycles. The number of piperidine rings is 1. The predicted molar refractivity (Wildman–Crippen MR) is 81.6 cm³/mol. The highest BCUT2D eigenvalue weighted by molar-refractivity contribution is 6.27. The van der Waals surface area contributed by atoms with Gasteiger partial charge in [0.2, 0.25) is 11.8 Å². The van der Waals surface area contributed by atoms with Gasteiger partial charge in [0.05, 0.1) is 17.3 Å². The summed E-state index contributed by atoms with van der Waals surface area (Å²) in [5, 5.41) is 12.9. The summed E-state index contributed by atoms with van der Waals surface area (Å²) in [5.74, 6) is -1.05. The number of nitrogens with one attached hydrogen (secondary N) is 1. The maximum Gasteiger partial charge on any atom is 0.259 e. The van der Waals surface area contributed by atoms with Gasteiger partial charge in [-0.25, -0.2) is 0 Å². The maximum absolute atomic E-state index is 12.8. The third kappa shape index (κ3) is 1.77. The summed E-state index contributed by atoms with van der Waals surface area (Å²) in [5.41, 5.74) is 1.59. The zero-order chi connectivity index (χ0) is 16.1. The SMILES string of the molecule is N#Cc1ccc2c3c(cccc13)C(=O)N2C1CCC(=O)NC1=O. The zero-order valence-electron chi connectivity index (χ0n) is 12.0. The van der Waals surface area contributed by atoms with E-state index < -0.39 is 11.9 Å². The molecule has 6 nitrogen and oxygen atoms in total. The molecule has 2 aromatic carbocycles. The van der Waals surface area contributed by atoms with E-state index in [0.717, 1.165) is 0 Å². The molecule has 1 atom stereocenters. The van der Waals surface area contributed by atoms with Gasteiger partial charge in [-0.05, 0) is 24.6 Å². The quantitative estimate of drug-likeness (QED) is 0.808. The lowest BCUT2D eigenvalue weighted by molar-refractivity contribution is -0.134. The second kappa shape index (κ2) is 4.65. The largest absolute Gasteiger partial charge is 0.295 e. The van der Waals surface area contributed by atoms with Crippen LogP contribution in [0.1, 0.15) is 28.8 Å². The van der Waals surface area contributed by atoms with Crippen molar-refractivity contribution in [2.24, 2.45) is 0 Å². The lowest BCUT2D eigenvalue weighted by Gasteiger charge is -2.30. The van der Waals surface area contributed by atoms with Crippen LogP contribution in [0, 0.1) is 11.3 Å². The first-order valence-corrected chi connectivity index (χ1v) is 7.25. The Morgan fingerprint density at radius 1 is 1.17 bits per heavy atom. The van der Waals surface area contributed by atoms with Gasteiger partial charge in [-0.15, -0.1) is 0 Å². The van der Waals surface area contributed by atoms with Crippen LogP contribution in [0.2, 0.25) is 0 Å². The molecule has 0 radical (unpaired) electrons. The van der Waals surface area contributed by atoms with Gasteiger partial charge in [-0.3, -0.25) is 24.6 Å². The number of nitrogens with zero attached hydrogens (tertiary/aromatic N) is 2. The van der Waals surface area contributed by atoms with E-state index in [0.29, 0.717) is 34.0 Å². The Morgan fingerprint density at radius 3 is 2.74 bits per heavy atom. The van der Waals surface area contributed by atoms with Gasteiger partial charge >= 0.3 is 0 Å². The first kappa shape index (κ1) is 13.5. The molecule has 0 aliphatic carbocycles. The molecule has 2 aliphatic rings. The highest BCUT2D eigenvalue weighted by Crippen LogP contribution is 2.40. The van der Waals surface area contributed by atoms with Crippen LogP contribution in [0.25, 0.3) is 10.8 Å². The average Bonchev–Trinajstić information content (AvgIpc) is 2.83. The van der Waals surface area contributed by atoms with Crippen molar-refractivity contribution in [1.29, 1.82) is 5.26 Å². The Morgan fingerprint density at radius 2 is 2.00 bits per heavy atom. The lowest BCUT2D eigenvalue weighted by Crippen LogP contribution is -2.53. The van der Waals surface area contributed by atoms with Crippen molar-refractivity contribution in [2.75, 3.05) is 4.90 Å². The van der Waals surface area contributed by atoms with Gasteiger partial charge in [-0.1, -0.05) is 12.1 Å². The number of amides is 3. The predicted octanol–water partition coefficient (Wildman–Crippen LogP) is 1.48. The number of hydrogen-bond acceptors (Lipinski definition) is 4. The zero-order valence-corrected chi connectivity index (χ0v) is 12.0. The first-order chi connectivity index (χ1) is 11.1. The first-order valence-electron chi connectivity index (χ1n) is 7.25. The van der Waals surface area contributed by atoms with Crippen molar-refractivity contribution in [3.8, 4) is 6.07 Å². The molecule has 112 valence electrons. The highest BCUT2D eigenvalue weighted by atomic mass is 16.2. The van der Waals surface area contributed by atoms with Crippen molar-refractivity contribution in [3.05, 3.63) is 41.5 Å². The van der Waals surface area contributed by atoms with Crippen molar-refractivity contribution in [3.63, 3.8) is 0 Å². The van der Waals surface area contributed by atoms with Gasteiger partial charge in [0.15, 0.2) is 0 Å². The van der Waals surface area contributed by atoms with Gasteiger partial charge in [-0.2, -0.15) is 5.26 Å².